The summed E-state index contributed by atoms with van der Waals surface area (Å²) in [4.78, 5) is 18.0. The zero-order chi connectivity index (χ0) is 13.0. The van der Waals surface area contributed by atoms with Crippen molar-refractivity contribution in [3.05, 3.63) is 11.1 Å². The fourth-order valence-corrected chi connectivity index (χ4v) is 3.26. The molecule has 0 N–H and O–H groups in total. The normalized spacial score (nSPS) is 17.2. The molecule has 1 aliphatic carbocycles. The highest BCUT2D eigenvalue weighted by Gasteiger charge is 2.20. The summed E-state index contributed by atoms with van der Waals surface area (Å²) in [6, 6.07) is 0.559. The molecule has 5 heteroatoms. The van der Waals surface area contributed by atoms with Crippen molar-refractivity contribution in [2.45, 2.75) is 44.6 Å². The lowest BCUT2D eigenvalue weighted by Gasteiger charge is -2.26. The van der Waals surface area contributed by atoms with E-state index in [-0.39, 0.29) is 5.97 Å². The molecule has 0 radical (unpaired) electrons. The molecule has 0 spiro atoms. The maximum atomic E-state index is 11.4. The van der Waals surface area contributed by atoms with Crippen molar-refractivity contribution in [2.75, 3.05) is 19.1 Å². The van der Waals surface area contributed by atoms with Gasteiger partial charge >= 0.3 is 5.97 Å². The molecule has 1 saturated carbocycles. The molecule has 1 fully saturated rings. The molecule has 4 nitrogen and oxygen atoms in total. The van der Waals surface area contributed by atoms with E-state index >= 15 is 0 Å². The quantitative estimate of drug-likeness (QED) is 0.624. The smallest absolute Gasteiger partial charge is 0.357 e. The highest BCUT2D eigenvalue weighted by atomic mass is 32.1. The number of methoxy groups -OCH3 is 1. The van der Waals surface area contributed by atoms with Gasteiger partial charge in [0, 0.05) is 18.5 Å². The first kappa shape index (κ1) is 13.3. The van der Waals surface area contributed by atoms with E-state index < -0.39 is 0 Å². The summed E-state index contributed by atoms with van der Waals surface area (Å²) in [6.45, 7) is 0. The number of carbonyl (C=O) groups is 1. The minimum absolute atomic E-state index is 0.355. The maximum Gasteiger partial charge on any atom is 0.357 e. The number of nitrogens with zero attached hydrogens (tertiary/aromatic N) is 2. The molecule has 1 aromatic rings. The van der Waals surface area contributed by atoms with Crippen molar-refractivity contribution in [3.63, 3.8) is 0 Å². The van der Waals surface area contributed by atoms with Crippen molar-refractivity contribution in [3.8, 4) is 0 Å². The molecule has 1 aliphatic rings. The Kier molecular flexibility index (Phi) is 4.58. The molecule has 1 aromatic heterocycles. The summed E-state index contributed by atoms with van der Waals surface area (Å²) in [6.07, 6.45) is 7.73. The van der Waals surface area contributed by atoms with Crippen LogP contribution in [0, 0.1) is 0 Å². The van der Waals surface area contributed by atoms with Crippen LogP contribution in [0.25, 0.3) is 0 Å². The van der Waals surface area contributed by atoms with Crippen LogP contribution >= 0.6 is 11.3 Å². The Morgan fingerprint density at radius 1 is 1.39 bits per heavy atom. The first-order valence-electron chi connectivity index (χ1n) is 6.49. The predicted molar refractivity (Wildman–Crippen MR) is 73.3 cm³/mol. The second-order valence-electron chi connectivity index (χ2n) is 4.76. The summed E-state index contributed by atoms with van der Waals surface area (Å²) in [7, 11) is 3.46. The van der Waals surface area contributed by atoms with E-state index in [0.717, 1.165) is 5.13 Å². The summed E-state index contributed by atoms with van der Waals surface area (Å²) in [5, 5.41) is 2.69. The number of hydrogen-bond donors (Lipinski definition) is 0. The van der Waals surface area contributed by atoms with Gasteiger partial charge in [-0.3, -0.25) is 0 Å². The molecule has 0 atom stereocenters. The van der Waals surface area contributed by atoms with Crippen LogP contribution in [0.5, 0.6) is 0 Å². The molecule has 0 amide bonds. The topological polar surface area (TPSA) is 42.4 Å². The Morgan fingerprint density at radius 2 is 2.06 bits per heavy atom. The number of anilines is 1. The largest absolute Gasteiger partial charge is 0.464 e. The van der Waals surface area contributed by atoms with E-state index in [2.05, 4.69) is 21.7 Å². The van der Waals surface area contributed by atoms with E-state index in [1.165, 1.54) is 57.0 Å². The highest BCUT2D eigenvalue weighted by Crippen LogP contribution is 2.27. The Hall–Kier alpha value is -1.10. The zero-order valence-electron chi connectivity index (χ0n) is 11.0. The SMILES string of the molecule is COC(=O)c1csc(N(C)C2CCCCCC2)n1. The monoisotopic (exact) mass is 268 g/mol. The Labute approximate surface area is 112 Å². The lowest BCUT2D eigenvalue weighted by atomic mass is 10.1. The van der Waals surface area contributed by atoms with Gasteiger partial charge in [0.2, 0.25) is 0 Å². The summed E-state index contributed by atoms with van der Waals surface area (Å²) >= 11 is 1.52. The fourth-order valence-electron chi connectivity index (χ4n) is 2.43. The average Bonchev–Trinajstić information content (AvgIpc) is 2.72. The Morgan fingerprint density at radius 3 is 2.67 bits per heavy atom. The molecule has 100 valence electrons. The third-order valence-electron chi connectivity index (χ3n) is 3.56. The molecule has 0 unspecified atom stereocenters. The molecule has 1 heterocycles. The van der Waals surface area contributed by atoms with E-state index in [1.807, 2.05) is 0 Å². The van der Waals surface area contributed by atoms with Crippen molar-refractivity contribution in [2.24, 2.45) is 0 Å². The number of thiazole rings is 1. The molecule has 18 heavy (non-hydrogen) atoms. The fraction of sp³-hybridized carbons (Fsp3) is 0.692. The van der Waals surface area contributed by atoms with Crippen molar-refractivity contribution >= 4 is 22.4 Å². The van der Waals surface area contributed by atoms with Gasteiger partial charge in [0.15, 0.2) is 10.8 Å². The minimum Gasteiger partial charge on any atom is -0.464 e. The van der Waals surface area contributed by atoms with Crippen LogP contribution in [0.4, 0.5) is 5.13 Å². The second-order valence-corrected chi connectivity index (χ2v) is 5.60. The van der Waals surface area contributed by atoms with Gasteiger partial charge in [-0.1, -0.05) is 25.7 Å². The standard InChI is InChI=1S/C13H20N2O2S/c1-15(10-7-5-3-4-6-8-10)13-14-11(9-18-13)12(16)17-2/h9-10H,3-8H2,1-2H3. The van der Waals surface area contributed by atoms with Gasteiger partial charge in [-0.05, 0) is 12.8 Å². The molecule has 2 rings (SSSR count). The van der Waals surface area contributed by atoms with Crippen LogP contribution in [-0.2, 0) is 4.74 Å². The van der Waals surface area contributed by atoms with Gasteiger partial charge in [0.1, 0.15) is 0 Å². The third-order valence-corrected chi connectivity index (χ3v) is 4.49. The first-order valence-corrected chi connectivity index (χ1v) is 7.37. The van der Waals surface area contributed by atoms with Gasteiger partial charge in [-0.25, -0.2) is 9.78 Å². The van der Waals surface area contributed by atoms with E-state index in [9.17, 15) is 4.79 Å². The number of hydrogen-bond acceptors (Lipinski definition) is 5. The number of esters is 1. The summed E-state index contributed by atoms with van der Waals surface area (Å²) in [5.74, 6) is -0.355. The van der Waals surface area contributed by atoms with Gasteiger partial charge in [0.25, 0.3) is 0 Å². The molecule has 0 saturated heterocycles. The average molecular weight is 268 g/mol. The Bertz CT molecular complexity index is 397. The molecule has 0 aliphatic heterocycles. The van der Waals surface area contributed by atoms with Crippen LogP contribution in [0.2, 0.25) is 0 Å². The minimum atomic E-state index is -0.355. The molecular formula is C13H20N2O2S. The third kappa shape index (κ3) is 3.02. The van der Waals surface area contributed by atoms with Crippen LogP contribution in [0.1, 0.15) is 49.0 Å². The Balaban J connectivity index is 2.05. The van der Waals surface area contributed by atoms with Crippen molar-refractivity contribution in [1.82, 2.24) is 4.98 Å². The van der Waals surface area contributed by atoms with Gasteiger partial charge in [-0.2, -0.15) is 0 Å². The number of carbonyl (C=O) groups excluding carboxylic acids is 1. The van der Waals surface area contributed by atoms with E-state index in [4.69, 9.17) is 0 Å². The van der Waals surface area contributed by atoms with Crippen molar-refractivity contribution < 1.29 is 9.53 Å². The summed E-state index contributed by atoms with van der Waals surface area (Å²) < 4.78 is 4.68. The first-order chi connectivity index (χ1) is 8.72. The maximum absolute atomic E-state index is 11.4. The zero-order valence-corrected chi connectivity index (χ0v) is 11.8. The van der Waals surface area contributed by atoms with E-state index in [0.29, 0.717) is 11.7 Å². The van der Waals surface area contributed by atoms with E-state index in [1.54, 1.807) is 5.38 Å². The van der Waals surface area contributed by atoms with Gasteiger partial charge in [0.05, 0.1) is 7.11 Å². The molecule has 0 bridgehead atoms. The molecular weight excluding hydrogens is 248 g/mol. The van der Waals surface area contributed by atoms with Crippen LogP contribution in [-0.4, -0.2) is 31.2 Å². The lowest BCUT2D eigenvalue weighted by Crippen LogP contribution is -2.31. The second kappa shape index (κ2) is 6.18. The summed E-state index contributed by atoms with van der Waals surface area (Å²) in [5.41, 5.74) is 0.415. The van der Waals surface area contributed by atoms with Crippen LogP contribution < -0.4 is 4.90 Å². The van der Waals surface area contributed by atoms with Crippen LogP contribution in [0.15, 0.2) is 5.38 Å². The van der Waals surface area contributed by atoms with Gasteiger partial charge < -0.3 is 9.64 Å². The lowest BCUT2D eigenvalue weighted by molar-refractivity contribution is 0.0595. The number of aromatic nitrogens is 1. The van der Waals surface area contributed by atoms with Crippen LogP contribution in [0.3, 0.4) is 0 Å². The number of rotatable bonds is 3. The predicted octanol–water partition coefficient (Wildman–Crippen LogP) is 3.09. The number of ether oxygens (including phenoxy) is 1. The van der Waals surface area contributed by atoms with Crippen molar-refractivity contribution in [1.29, 1.82) is 0 Å². The van der Waals surface area contributed by atoms with Gasteiger partial charge in [-0.15, -0.1) is 11.3 Å². The highest BCUT2D eigenvalue weighted by molar-refractivity contribution is 7.13. The molecule has 0 aromatic carbocycles.